The molecule has 2 aromatic rings. The zero-order chi connectivity index (χ0) is 21.8. The molecule has 0 aliphatic rings. The molecule has 0 aromatic carbocycles. The molecule has 1 unspecified atom stereocenters. The van der Waals surface area contributed by atoms with Crippen molar-refractivity contribution in [1.29, 1.82) is 0 Å². The predicted octanol–water partition coefficient (Wildman–Crippen LogP) is 4.81. The predicted molar refractivity (Wildman–Crippen MR) is 104 cm³/mol. The van der Waals surface area contributed by atoms with Gasteiger partial charge in [0, 0.05) is 17.3 Å². The topological polar surface area (TPSA) is 55.1 Å². The van der Waals surface area contributed by atoms with Crippen LogP contribution in [0.25, 0.3) is 16.8 Å². The Bertz CT molecular complexity index is 1020. The Hall–Kier alpha value is -3.00. The van der Waals surface area contributed by atoms with Gasteiger partial charge in [0.2, 0.25) is 0 Å². The van der Waals surface area contributed by atoms with Gasteiger partial charge >= 0.3 is 6.18 Å². The maximum atomic E-state index is 14.7. The highest BCUT2D eigenvalue weighted by Crippen LogP contribution is 2.30. The lowest BCUT2D eigenvalue weighted by molar-refractivity contribution is -0.141. The molecule has 8 heteroatoms. The van der Waals surface area contributed by atoms with Crippen LogP contribution in [0.1, 0.15) is 31.2 Å². The van der Waals surface area contributed by atoms with Crippen LogP contribution in [-0.4, -0.2) is 20.8 Å². The molecule has 0 aliphatic carbocycles. The molecule has 154 valence electrons. The van der Waals surface area contributed by atoms with E-state index in [1.165, 1.54) is 19.1 Å². The van der Waals surface area contributed by atoms with E-state index in [9.17, 15) is 27.5 Å². The first-order valence-electron chi connectivity index (χ1n) is 8.70. The normalized spacial score (nSPS) is 13.7. The molecule has 0 fully saturated rings. The molecule has 1 atom stereocenters. The highest BCUT2D eigenvalue weighted by Gasteiger charge is 2.29. The first-order chi connectivity index (χ1) is 13.6. The lowest BCUT2D eigenvalue weighted by Crippen LogP contribution is -2.30. The highest BCUT2D eigenvalue weighted by atomic mass is 19.4. The third kappa shape index (κ3) is 5.29. The van der Waals surface area contributed by atoms with Crippen LogP contribution in [0.3, 0.4) is 0 Å². The van der Waals surface area contributed by atoms with Crippen LogP contribution >= 0.6 is 0 Å². The number of halogens is 4. The number of aliphatic hydroxyl groups excluding tert-OH is 1. The van der Waals surface area contributed by atoms with Crippen molar-refractivity contribution < 1.29 is 22.7 Å². The second kappa shape index (κ2) is 9.00. The number of hydrogen-bond donors (Lipinski definition) is 1. The van der Waals surface area contributed by atoms with Crippen LogP contribution in [0.5, 0.6) is 0 Å². The van der Waals surface area contributed by atoms with Gasteiger partial charge in [0.05, 0.1) is 17.5 Å². The molecule has 0 amide bonds. The molecule has 0 saturated carbocycles. The van der Waals surface area contributed by atoms with E-state index in [4.69, 9.17) is 0 Å². The van der Waals surface area contributed by atoms with Crippen molar-refractivity contribution in [3.8, 4) is 11.3 Å². The minimum Gasteiger partial charge on any atom is -0.389 e. The van der Waals surface area contributed by atoms with E-state index in [2.05, 4.69) is 11.6 Å². The van der Waals surface area contributed by atoms with Gasteiger partial charge < -0.3 is 9.67 Å². The molecular weight excluding hydrogens is 388 g/mol. The molecular formula is C21H20F4N2O2. The summed E-state index contributed by atoms with van der Waals surface area (Å²) >= 11 is 0. The van der Waals surface area contributed by atoms with Gasteiger partial charge in [0.15, 0.2) is 5.82 Å². The smallest absolute Gasteiger partial charge is 0.389 e. The first kappa shape index (κ1) is 22.3. The number of allylic oxidation sites excluding steroid dienone is 5. The number of aliphatic hydroxyl groups is 1. The van der Waals surface area contributed by atoms with E-state index in [0.29, 0.717) is 11.3 Å². The first-order valence-corrected chi connectivity index (χ1v) is 8.70. The fourth-order valence-corrected chi connectivity index (χ4v) is 2.69. The molecule has 0 saturated heterocycles. The van der Waals surface area contributed by atoms with Gasteiger partial charge in [-0.2, -0.15) is 13.2 Å². The summed E-state index contributed by atoms with van der Waals surface area (Å²) in [4.78, 5) is 16.4. The van der Waals surface area contributed by atoms with Gasteiger partial charge in [0.1, 0.15) is 6.54 Å². The summed E-state index contributed by atoms with van der Waals surface area (Å²) in [5.74, 6) is -1.37. The number of alkyl halides is 3. The molecule has 4 nitrogen and oxygen atoms in total. The van der Waals surface area contributed by atoms with Crippen LogP contribution in [-0.2, 0) is 6.54 Å². The van der Waals surface area contributed by atoms with E-state index in [0.717, 1.165) is 12.3 Å². The van der Waals surface area contributed by atoms with Gasteiger partial charge in [-0.25, -0.2) is 9.37 Å². The lowest BCUT2D eigenvalue weighted by atomic mass is 10.0. The summed E-state index contributed by atoms with van der Waals surface area (Å²) < 4.78 is 52.7. The summed E-state index contributed by atoms with van der Waals surface area (Å²) in [5, 5.41) is 10.0. The third-order valence-electron chi connectivity index (χ3n) is 4.07. The third-order valence-corrected chi connectivity index (χ3v) is 4.07. The van der Waals surface area contributed by atoms with E-state index in [1.807, 2.05) is 6.92 Å². The molecule has 0 aliphatic heterocycles. The monoisotopic (exact) mass is 408 g/mol. The molecule has 0 spiro atoms. The zero-order valence-corrected chi connectivity index (χ0v) is 15.9. The Balaban J connectivity index is 2.69. The lowest BCUT2D eigenvalue weighted by Gasteiger charge is -2.15. The van der Waals surface area contributed by atoms with Crippen LogP contribution in [0.15, 0.2) is 60.1 Å². The second-order valence-electron chi connectivity index (χ2n) is 6.25. The van der Waals surface area contributed by atoms with Crippen molar-refractivity contribution in [1.82, 2.24) is 9.55 Å². The summed E-state index contributed by atoms with van der Waals surface area (Å²) in [5.41, 5.74) is -0.504. The van der Waals surface area contributed by atoms with Crippen molar-refractivity contribution in [2.45, 2.75) is 32.7 Å². The number of aromatic nitrogens is 2. The fourth-order valence-electron chi connectivity index (χ4n) is 2.69. The van der Waals surface area contributed by atoms with Crippen molar-refractivity contribution >= 4 is 5.57 Å². The van der Waals surface area contributed by atoms with Gasteiger partial charge in [-0.05, 0) is 31.6 Å². The summed E-state index contributed by atoms with van der Waals surface area (Å²) in [6, 6.07) is 4.17. The Labute approximate surface area is 165 Å². The van der Waals surface area contributed by atoms with E-state index in [-0.39, 0.29) is 21.4 Å². The molecule has 29 heavy (non-hydrogen) atoms. The Morgan fingerprint density at radius 2 is 2.03 bits per heavy atom. The van der Waals surface area contributed by atoms with E-state index < -0.39 is 30.2 Å². The Kier molecular flexibility index (Phi) is 6.92. The quantitative estimate of drug-likeness (QED) is 0.551. The molecule has 2 heterocycles. The van der Waals surface area contributed by atoms with Gasteiger partial charge in [-0.1, -0.05) is 36.9 Å². The fraction of sp³-hybridized carbons (Fsp3) is 0.238. The zero-order valence-electron chi connectivity index (χ0n) is 15.9. The van der Waals surface area contributed by atoms with Crippen molar-refractivity contribution in [2.75, 3.05) is 0 Å². The molecule has 0 radical (unpaired) electrons. The average molecular weight is 408 g/mol. The van der Waals surface area contributed by atoms with E-state index in [1.54, 1.807) is 24.3 Å². The number of nitrogens with zero attached hydrogens (tertiary/aromatic N) is 2. The van der Waals surface area contributed by atoms with Crippen LogP contribution in [0, 0.1) is 5.82 Å². The van der Waals surface area contributed by atoms with Crippen LogP contribution in [0.4, 0.5) is 17.6 Å². The largest absolute Gasteiger partial charge is 0.406 e. The van der Waals surface area contributed by atoms with E-state index >= 15 is 0 Å². The SMILES string of the molecule is C=C/C(=C/C=C\C)c1ccc(C(C)O)c(-c2ccn(CC(F)(F)F)c(=O)c2F)n1. The number of hydrogen-bond acceptors (Lipinski definition) is 3. The number of rotatable bonds is 6. The molecule has 0 bridgehead atoms. The standard InChI is InChI=1S/C21H20F4N2O2/c1-4-6-7-14(5-2)17-9-8-15(13(3)28)19(26-17)16-10-11-27(12-21(23,24)25)20(29)18(16)22/h4-11,13,28H,2,12H2,1,3H3/b6-4-,14-7-. The van der Waals surface area contributed by atoms with Crippen molar-refractivity contribution in [3.05, 3.63) is 82.7 Å². The summed E-state index contributed by atoms with van der Waals surface area (Å²) in [6.45, 7) is 5.35. The molecule has 1 N–H and O–H groups in total. The number of pyridine rings is 2. The molecule has 2 aromatic heterocycles. The summed E-state index contributed by atoms with van der Waals surface area (Å²) in [7, 11) is 0. The van der Waals surface area contributed by atoms with Gasteiger partial charge in [-0.15, -0.1) is 0 Å². The maximum Gasteiger partial charge on any atom is 0.406 e. The van der Waals surface area contributed by atoms with Crippen molar-refractivity contribution in [2.24, 2.45) is 0 Å². The average Bonchev–Trinajstić information content (AvgIpc) is 2.65. The van der Waals surface area contributed by atoms with Gasteiger partial charge in [0.25, 0.3) is 5.56 Å². The van der Waals surface area contributed by atoms with Crippen LogP contribution in [0.2, 0.25) is 0 Å². The van der Waals surface area contributed by atoms with Gasteiger partial charge in [-0.3, -0.25) is 4.79 Å². The minimum absolute atomic E-state index is 0.0283. The van der Waals surface area contributed by atoms with Crippen LogP contribution < -0.4 is 5.56 Å². The summed E-state index contributed by atoms with van der Waals surface area (Å²) in [6.07, 6.45) is 1.93. The van der Waals surface area contributed by atoms with Crippen molar-refractivity contribution in [3.63, 3.8) is 0 Å². The Morgan fingerprint density at radius 1 is 1.34 bits per heavy atom. The minimum atomic E-state index is -4.67. The Morgan fingerprint density at radius 3 is 2.59 bits per heavy atom. The maximum absolute atomic E-state index is 14.7. The molecule has 2 rings (SSSR count). The second-order valence-corrected chi connectivity index (χ2v) is 6.25. The highest BCUT2D eigenvalue weighted by molar-refractivity contribution is 5.75.